The summed E-state index contributed by atoms with van der Waals surface area (Å²) in [6, 6.07) is 4.26. The largest absolute Gasteiger partial charge is 0.332 e. The molecular formula is C21H18Cl2N6O4S. The van der Waals surface area contributed by atoms with Crippen LogP contribution in [-0.4, -0.2) is 35.4 Å². The van der Waals surface area contributed by atoms with Crippen LogP contribution < -0.4 is 16.6 Å². The fourth-order valence-electron chi connectivity index (χ4n) is 3.39. The van der Waals surface area contributed by atoms with Crippen LogP contribution in [0.3, 0.4) is 0 Å². The highest BCUT2D eigenvalue weighted by molar-refractivity contribution is 7.13. The number of hydrogen-bond donors (Lipinski definition) is 1. The van der Waals surface area contributed by atoms with Crippen molar-refractivity contribution in [2.45, 2.75) is 26.4 Å². The standard InChI is InChI=1S/C21H18Cl2N6O4S/c1-10(30)7-28-20(32)16-17(27(3)21(28)33)24-9-29(16)11(2)18(31)25-15-8-34-19(26-15)12-4-5-13(22)14(23)6-12/h4-6,8-9,11H,7H2,1-3H3,(H,25,31)/t11-/m0/s1. The van der Waals surface area contributed by atoms with Gasteiger partial charge < -0.3 is 9.88 Å². The number of nitrogens with zero attached hydrogens (tertiary/aromatic N) is 5. The molecule has 0 radical (unpaired) electrons. The highest BCUT2D eigenvalue weighted by Crippen LogP contribution is 2.31. The smallest absolute Gasteiger partial charge is 0.312 e. The van der Waals surface area contributed by atoms with Crippen molar-refractivity contribution in [3.63, 3.8) is 0 Å². The average molecular weight is 521 g/mol. The number of halogens is 2. The van der Waals surface area contributed by atoms with Crippen LogP contribution in [0.25, 0.3) is 21.7 Å². The number of fused-ring (bicyclic) bond motifs is 1. The van der Waals surface area contributed by atoms with Gasteiger partial charge in [0.1, 0.15) is 22.7 Å². The minimum Gasteiger partial charge on any atom is -0.312 e. The van der Waals surface area contributed by atoms with E-state index in [0.29, 0.717) is 20.9 Å². The summed E-state index contributed by atoms with van der Waals surface area (Å²) in [6.07, 6.45) is 1.32. The van der Waals surface area contributed by atoms with Crippen molar-refractivity contribution < 1.29 is 9.59 Å². The molecule has 1 N–H and O–H groups in total. The molecule has 0 bridgehead atoms. The maximum absolute atomic E-state index is 13.0. The molecule has 0 aliphatic heterocycles. The number of thiazole rings is 1. The average Bonchev–Trinajstić information content (AvgIpc) is 3.44. The number of carbonyl (C=O) groups excluding carboxylic acids is 2. The lowest BCUT2D eigenvalue weighted by Crippen LogP contribution is -2.41. The summed E-state index contributed by atoms with van der Waals surface area (Å²) in [6.45, 7) is 2.50. The van der Waals surface area contributed by atoms with Crippen LogP contribution in [0.1, 0.15) is 19.9 Å². The summed E-state index contributed by atoms with van der Waals surface area (Å²) in [5, 5.41) is 5.86. The third kappa shape index (κ3) is 4.29. The van der Waals surface area contributed by atoms with Crippen molar-refractivity contribution in [3.05, 3.63) is 60.8 Å². The number of carbonyl (C=O) groups is 2. The molecule has 4 aromatic rings. The molecule has 0 spiro atoms. The van der Waals surface area contributed by atoms with Crippen LogP contribution in [-0.2, 0) is 23.2 Å². The molecule has 0 aliphatic rings. The van der Waals surface area contributed by atoms with E-state index >= 15 is 0 Å². The molecule has 10 nitrogen and oxygen atoms in total. The molecule has 176 valence electrons. The first-order valence-electron chi connectivity index (χ1n) is 9.96. The van der Waals surface area contributed by atoms with Gasteiger partial charge in [-0.05, 0) is 26.0 Å². The molecule has 13 heteroatoms. The molecular weight excluding hydrogens is 503 g/mol. The number of benzene rings is 1. The topological polar surface area (TPSA) is 121 Å². The number of amides is 1. The number of Topliss-reactive ketones (excluding diaryl/α,β-unsaturated/α-hetero) is 1. The quantitative estimate of drug-likeness (QED) is 0.416. The zero-order valence-corrected chi connectivity index (χ0v) is 20.5. The summed E-state index contributed by atoms with van der Waals surface area (Å²) < 4.78 is 3.37. The number of hydrogen-bond acceptors (Lipinski definition) is 7. The van der Waals surface area contributed by atoms with Crippen LogP contribution in [0.15, 0.2) is 39.5 Å². The number of rotatable bonds is 6. The van der Waals surface area contributed by atoms with Gasteiger partial charge in [-0.3, -0.25) is 23.5 Å². The maximum Gasteiger partial charge on any atom is 0.332 e. The second-order valence-corrected chi connectivity index (χ2v) is 9.26. The van der Waals surface area contributed by atoms with Crippen LogP contribution in [0.2, 0.25) is 10.0 Å². The summed E-state index contributed by atoms with van der Waals surface area (Å²) in [5.74, 6) is -0.470. The minimum absolute atomic E-state index is 0.0424. The van der Waals surface area contributed by atoms with Crippen molar-refractivity contribution in [2.24, 2.45) is 7.05 Å². The second kappa shape index (κ2) is 9.16. The predicted octanol–water partition coefficient (Wildman–Crippen LogP) is 3.12. The Hall–Kier alpha value is -3.28. The summed E-state index contributed by atoms with van der Waals surface area (Å²) in [5.41, 5.74) is -0.445. The van der Waals surface area contributed by atoms with Gasteiger partial charge in [0.15, 0.2) is 11.2 Å². The lowest BCUT2D eigenvalue weighted by Gasteiger charge is -2.14. The van der Waals surface area contributed by atoms with Crippen molar-refractivity contribution in [2.75, 3.05) is 5.32 Å². The van der Waals surface area contributed by atoms with Crippen molar-refractivity contribution in [1.29, 1.82) is 0 Å². The van der Waals surface area contributed by atoms with E-state index in [9.17, 15) is 19.2 Å². The van der Waals surface area contributed by atoms with Crippen LogP contribution in [0, 0.1) is 0 Å². The fourth-order valence-corrected chi connectivity index (χ4v) is 4.44. The van der Waals surface area contributed by atoms with E-state index in [1.165, 1.54) is 40.8 Å². The summed E-state index contributed by atoms with van der Waals surface area (Å²) in [4.78, 5) is 58.5. The van der Waals surface area contributed by atoms with Gasteiger partial charge in [-0.2, -0.15) is 0 Å². The first kappa shape index (κ1) is 23.9. The number of aryl methyl sites for hydroxylation is 1. The number of anilines is 1. The molecule has 3 aromatic heterocycles. The third-order valence-electron chi connectivity index (χ3n) is 5.16. The first-order valence-corrected chi connectivity index (χ1v) is 11.6. The van der Waals surface area contributed by atoms with Gasteiger partial charge in [-0.15, -0.1) is 11.3 Å². The minimum atomic E-state index is -0.865. The van der Waals surface area contributed by atoms with Crippen LogP contribution >= 0.6 is 34.5 Å². The second-order valence-electron chi connectivity index (χ2n) is 7.59. The van der Waals surface area contributed by atoms with Gasteiger partial charge in [0.05, 0.1) is 22.9 Å². The van der Waals surface area contributed by atoms with Gasteiger partial charge in [-0.1, -0.05) is 29.3 Å². The molecule has 0 saturated carbocycles. The molecule has 0 aliphatic carbocycles. The SMILES string of the molecule is CC(=O)Cn1c(=O)c2c(ncn2[C@@H](C)C(=O)Nc2csc(-c3ccc(Cl)c(Cl)c3)n2)n(C)c1=O. The number of imidazole rings is 1. The fraction of sp³-hybridized carbons (Fsp3) is 0.238. The van der Waals surface area contributed by atoms with E-state index in [2.05, 4.69) is 15.3 Å². The summed E-state index contributed by atoms with van der Waals surface area (Å²) >= 11 is 13.3. The van der Waals surface area contributed by atoms with Gasteiger partial charge in [0, 0.05) is 18.0 Å². The van der Waals surface area contributed by atoms with E-state index in [-0.39, 0.29) is 23.5 Å². The normalized spacial score (nSPS) is 12.1. The van der Waals surface area contributed by atoms with Gasteiger partial charge >= 0.3 is 5.69 Å². The molecule has 0 fully saturated rings. The van der Waals surface area contributed by atoms with E-state index in [0.717, 1.165) is 10.1 Å². The zero-order valence-electron chi connectivity index (χ0n) is 18.2. The Bertz CT molecular complexity index is 1570. The third-order valence-corrected chi connectivity index (χ3v) is 6.79. The zero-order chi connectivity index (χ0) is 24.7. The Kier molecular flexibility index (Phi) is 6.43. The molecule has 0 unspecified atom stereocenters. The summed E-state index contributed by atoms with van der Waals surface area (Å²) in [7, 11) is 1.45. The van der Waals surface area contributed by atoms with E-state index in [4.69, 9.17) is 23.2 Å². The van der Waals surface area contributed by atoms with Crippen LogP contribution in [0.4, 0.5) is 5.82 Å². The Morgan fingerprint density at radius 2 is 1.94 bits per heavy atom. The Morgan fingerprint density at radius 1 is 1.21 bits per heavy atom. The number of ketones is 1. The molecule has 34 heavy (non-hydrogen) atoms. The lowest BCUT2D eigenvalue weighted by molar-refractivity contribution is -0.119. The number of nitrogens with one attached hydrogen (secondary N) is 1. The van der Waals surface area contributed by atoms with E-state index < -0.39 is 23.2 Å². The Labute approximate surface area is 206 Å². The van der Waals surface area contributed by atoms with Crippen LogP contribution in [0.5, 0.6) is 0 Å². The Morgan fingerprint density at radius 3 is 2.62 bits per heavy atom. The van der Waals surface area contributed by atoms with Gasteiger partial charge in [0.25, 0.3) is 5.56 Å². The highest BCUT2D eigenvalue weighted by Gasteiger charge is 2.23. The first-order chi connectivity index (χ1) is 16.1. The maximum atomic E-state index is 13.0. The predicted molar refractivity (Wildman–Crippen MR) is 131 cm³/mol. The monoisotopic (exact) mass is 520 g/mol. The molecule has 0 saturated heterocycles. The van der Waals surface area contributed by atoms with Gasteiger partial charge in [0.2, 0.25) is 5.91 Å². The molecule has 4 rings (SSSR count). The molecule has 1 atom stereocenters. The lowest BCUT2D eigenvalue weighted by atomic mass is 10.2. The Balaban J connectivity index is 1.64. The molecule has 3 heterocycles. The van der Waals surface area contributed by atoms with E-state index in [1.54, 1.807) is 30.5 Å². The van der Waals surface area contributed by atoms with Gasteiger partial charge in [-0.25, -0.2) is 14.8 Å². The van der Waals surface area contributed by atoms with E-state index in [1.807, 2.05) is 0 Å². The number of aromatic nitrogens is 5. The van der Waals surface area contributed by atoms with Crippen molar-refractivity contribution in [3.8, 4) is 10.6 Å². The van der Waals surface area contributed by atoms with Crippen molar-refractivity contribution >= 4 is 63.2 Å². The molecule has 1 amide bonds. The molecule has 1 aromatic carbocycles. The highest BCUT2D eigenvalue weighted by atomic mass is 35.5. The van der Waals surface area contributed by atoms with Crippen molar-refractivity contribution in [1.82, 2.24) is 23.7 Å².